The van der Waals surface area contributed by atoms with Crippen molar-refractivity contribution in [2.45, 2.75) is 46.1 Å². The minimum Gasteiger partial charge on any atom is -0.335 e. The van der Waals surface area contributed by atoms with Gasteiger partial charge in [-0.3, -0.25) is 4.79 Å². The predicted molar refractivity (Wildman–Crippen MR) is 103 cm³/mol. The highest BCUT2D eigenvalue weighted by molar-refractivity contribution is 7.88. The van der Waals surface area contributed by atoms with Gasteiger partial charge >= 0.3 is 0 Å². The van der Waals surface area contributed by atoms with E-state index in [1.165, 1.54) is 27.3 Å². The van der Waals surface area contributed by atoms with Gasteiger partial charge in [0.15, 0.2) is 0 Å². The second kappa shape index (κ2) is 7.31. The van der Waals surface area contributed by atoms with Crippen molar-refractivity contribution in [3.8, 4) is 0 Å². The van der Waals surface area contributed by atoms with Gasteiger partial charge in [-0.05, 0) is 43.2 Å². The van der Waals surface area contributed by atoms with E-state index < -0.39 is 10.0 Å². The predicted octanol–water partition coefficient (Wildman–Crippen LogP) is 2.75. The molecule has 3 rings (SSSR count). The maximum Gasteiger partial charge on any atom is 0.226 e. The maximum absolute atomic E-state index is 13.3. The van der Waals surface area contributed by atoms with E-state index in [0.717, 1.165) is 13.0 Å². The van der Waals surface area contributed by atoms with Gasteiger partial charge in [0.2, 0.25) is 15.9 Å². The van der Waals surface area contributed by atoms with Gasteiger partial charge in [-0.25, -0.2) is 12.7 Å². The van der Waals surface area contributed by atoms with E-state index in [0.29, 0.717) is 31.8 Å². The van der Waals surface area contributed by atoms with Crippen molar-refractivity contribution in [1.82, 2.24) is 9.21 Å². The molecule has 6 heteroatoms. The molecule has 1 aromatic rings. The number of rotatable bonds is 3. The molecule has 0 N–H and O–H groups in total. The Balaban J connectivity index is 1.78. The second-order valence-corrected chi connectivity index (χ2v) is 10.1. The Morgan fingerprint density at radius 2 is 1.81 bits per heavy atom. The third-order valence-electron chi connectivity index (χ3n) is 5.76. The molecular formula is C20H30N2O3S. The number of carbonyl (C=O) groups is 1. The van der Waals surface area contributed by atoms with Gasteiger partial charge in [0.1, 0.15) is 0 Å². The maximum atomic E-state index is 13.3. The van der Waals surface area contributed by atoms with Gasteiger partial charge in [0, 0.05) is 25.6 Å². The molecule has 5 nitrogen and oxygen atoms in total. The normalized spacial score (nSPS) is 22.5. The number of benzene rings is 1. The van der Waals surface area contributed by atoms with Gasteiger partial charge in [0.05, 0.1) is 12.3 Å². The first-order valence-electron chi connectivity index (χ1n) is 9.53. The summed E-state index contributed by atoms with van der Waals surface area (Å²) in [5, 5.41) is 0. The van der Waals surface area contributed by atoms with Crippen LogP contribution in [0.3, 0.4) is 0 Å². The Labute approximate surface area is 157 Å². The number of fused-ring (bicyclic) bond motifs is 1. The largest absolute Gasteiger partial charge is 0.335 e. The van der Waals surface area contributed by atoms with Crippen molar-refractivity contribution in [2.75, 3.05) is 25.9 Å². The number of nitrogens with zero attached hydrogens (tertiary/aromatic N) is 2. The van der Waals surface area contributed by atoms with Crippen LogP contribution in [0.2, 0.25) is 0 Å². The Hall–Kier alpha value is -1.40. The van der Waals surface area contributed by atoms with E-state index in [4.69, 9.17) is 0 Å². The summed E-state index contributed by atoms with van der Waals surface area (Å²) in [6.45, 7) is 8.11. The lowest BCUT2D eigenvalue weighted by molar-refractivity contribution is -0.140. The van der Waals surface area contributed by atoms with E-state index >= 15 is 0 Å². The van der Waals surface area contributed by atoms with Crippen molar-refractivity contribution >= 4 is 15.9 Å². The Bertz CT molecular complexity index is 780. The monoisotopic (exact) mass is 378 g/mol. The number of amides is 1. The van der Waals surface area contributed by atoms with E-state index in [2.05, 4.69) is 43.9 Å². The highest BCUT2D eigenvalue weighted by atomic mass is 32.2. The number of hydrogen-bond donors (Lipinski definition) is 0. The van der Waals surface area contributed by atoms with Crippen molar-refractivity contribution in [3.05, 3.63) is 34.9 Å². The van der Waals surface area contributed by atoms with Crippen LogP contribution in [0.15, 0.2) is 18.2 Å². The Morgan fingerprint density at radius 1 is 1.15 bits per heavy atom. The Kier molecular flexibility index (Phi) is 5.45. The summed E-state index contributed by atoms with van der Waals surface area (Å²) in [5.41, 5.74) is 3.90. The van der Waals surface area contributed by atoms with Gasteiger partial charge in [-0.15, -0.1) is 0 Å². The zero-order chi connectivity index (χ0) is 19.1. The standard InChI is InChI=1S/C20H30N2O3S/c1-14(2)19-18-6-5-15(3)13-17(18)9-12-22(19)20(23)16-7-10-21(11-8-16)26(4,24)25/h5-6,13-14,16,19H,7-12H2,1-4H3. The van der Waals surface area contributed by atoms with E-state index in [1.54, 1.807) is 0 Å². The lowest BCUT2D eigenvalue weighted by Crippen LogP contribution is -2.48. The summed E-state index contributed by atoms with van der Waals surface area (Å²) in [5.74, 6) is 0.473. The molecule has 26 heavy (non-hydrogen) atoms. The summed E-state index contributed by atoms with van der Waals surface area (Å²) >= 11 is 0. The first-order valence-corrected chi connectivity index (χ1v) is 11.4. The van der Waals surface area contributed by atoms with Gasteiger partial charge in [-0.2, -0.15) is 0 Å². The van der Waals surface area contributed by atoms with Crippen LogP contribution < -0.4 is 0 Å². The Morgan fingerprint density at radius 3 is 2.38 bits per heavy atom. The van der Waals surface area contributed by atoms with E-state index in [9.17, 15) is 13.2 Å². The first kappa shape index (κ1) is 19.4. The van der Waals surface area contributed by atoms with Crippen LogP contribution in [-0.2, 0) is 21.2 Å². The fraction of sp³-hybridized carbons (Fsp3) is 0.650. The van der Waals surface area contributed by atoms with Crippen molar-refractivity contribution < 1.29 is 13.2 Å². The van der Waals surface area contributed by atoms with Crippen LogP contribution in [0, 0.1) is 18.8 Å². The average Bonchev–Trinajstić information content (AvgIpc) is 2.59. The van der Waals surface area contributed by atoms with Crippen molar-refractivity contribution in [3.63, 3.8) is 0 Å². The molecule has 0 spiro atoms. The first-order chi connectivity index (χ1) is 12.2. The molecule has 0 aromatic heterocycles. The minimum absolute atomic E-state index is 0.0683. The number of carbonyl (C=O) groups excluding carboxylic acids is 1. The van der Waals surface area contributed by atoms with Crippen LogP contribution in [0.5, 0.6) is 0 Å². The molecular weight excluding hydrogens is 348 g/mol. The molecule has 1 fully saturated rings. The molecule has 1 atom stereocenters. The second-order valence-electron chi connectivity index (χ2n) is 8.11. The molecule has 0 saturated carbocycles. The molecule has 1 amide bonds. The molecule has 1 saturated heterocycles. The fourth-order valence-corrected chi connectivity index (χ4v) is 5.30. The van der Waals surface area contributed by atoms with Gasteiger partial charge in [0.25, 0.3) is 0 Å². The van der Waals surface area contributed by atoms with Crippen LogP contribution >= 0.6 is 0 Å². The van der Waals surface area contributed by atoms with E-state index in [1.807, 2.05) is 0 Å². The number of piperidine rings is 1. The third-order valence-corrected chi connectivity index (χ3v) is 7.06. The summed E-state index contributed by atoms with van der Waals surface area (Å²) in [7, 11) is -3.16. The van der Waals surface area contributed by atoms with Crippen molar-refractivity contribution in [1.29, 1.82) is 0 Å². The van der Waals surface area contributed by atoms with Crippen LogP contribution in [-0.4, -0.2) is 49.4 Å². The van der Waals surface area contributed by atoms with E-state index in [-0.39, 0.29) is 17.9 Å². The smallest absolute Gasteiger partial charge is 0.226 e. The summed E-state index contributed by atoms with van der Waals surface area (Å²) in [6, 6.07) is 6.67. The van der Waals surface area contributed by atoms with Crippen molar-refractivity contribution in [2.24, 2.45) is 11.8 Å². The molecule has 2 aliphatic heterocycles. The molecule has 144 valence electrons. The number of sulfonamides is 1. The molecule has 0 aliphatic carbocycles. The molecule has 2 heterocycles. The quantitative estimate of drug-likeness (QED) is 0.813. The lowest BCUT2D eigenvalue weighted by atomic mass is 9.84. The summed E-state index contributed by atoms with van der Waals surface area (Å²) < 4.78 is 24.9. The van der Waals surface area contributed by atoms with Gasteiger partial charge in [-0.1, -0.05) is 37.6 Å². The summed E-state index contributed by atoms with van der Waals surface area (Å²) in [4.78, 5) is 15.3. The molecule has 0 radical (unpaired) electrons. The molecule has 1 unspecified atom stereocenters. The summed E-state index contributed by atoms with van der Waals surface area (Å²) in [6.07, 6.45) is 3.38. The topological polar surface area (TPSA) is 57.7 Å². The highest BCUT2D eigenvalue weighted by Gasteiger charge is 2.37. The zero-order valence-electron chi connectivity index (χ0n) is 16.2. The molecule has 0 bridgehead atoms. The number of aryl methyl sites for hydroxylation is 1. The third kappa shape index (κ3) is 3.81. The van der Waals surface area contributed by atoms with Crippen LogP contribution in [0.1, 0.15) is 49.4 Å². The fourth-order valence-electron chi connectivity index (χ4n) is 4.42. The average molecular weight is 379 g/mol. The van der Waals surface area contributed by atoms with Crippen LogP contribution in [0.4, 0.5) is 0 Å². The van der Waals surface area contributed by atoms with Crippen LogP contribution in [0.25, 0.3) is 0 Å². The lowest BCUT2D eigenvalue weighted by Gasteiger charge is -2.42. The SMILES string of the molecule is Cc1ccc2c(c1)CCN(C(=O)C1CCN(S(C)(=O)=O)CC1)C2C(C)C. The molecule has 1 aromatic carbocycles. The highest BCUT2D eigenvalue weighted by Crippen LogP contribution is 2.37. The zero-order valence-corrected chi connectivity index (χ0v) is 17.1. The number of hydrogen-bond acceptors (Lipinski definition) is 3. The molecule has 2 aliphatic rings. The van der Waals surface area contributed by atoms with Gasteiger partial charge < -0.3 is 4.90 Å². The minimum atomic E-state index is -3.16.